The van der Waals surface area contributed by atoms with E-state index in [1.54, 1.807) is 25.2 Å². The van der Waals surface area contributed by atoms with Crippen LogP contribution in [0.1, 0.15) is 71.1 Å². The summed E-state index contributed by atoms with van der Waals surface area (Å²) in [4.78, 5) is 21.8. The van der Waals surface area contributed by atoms with Crippen LogP contribution in [0.15, 0.2) is 24.8 Å². The normalized spacial score (nSPS) is 19.5. The highest BCUT2D eigenvalue weighted by molar-refractivity contribution is 5.74. The van der Waals surface area contributed by atoms with Crippen molar-refractivity contribution in [2.24, 2.45) is 0 Å². The second kappa shape index (κ2) is 15.3. The van der Waals surface area contributed by atoms with Gasteiger partial charge in [0, 0.05) is 0 Å². The molecule has 6 heteroatoms. The first-order valence-corrected chi connectivity index (χ1v) is 10.5. The fourth-order valence-corrected chi connectivity index (χ4v) is 3.38. The molecule has 160 valence electrons. The zero-order valence-corrected chi connectivity index (χ0v) is 17.1. The second-order valence-corrected chi connectivity index (χ2v) is 7.22. The van der Waals surface area contributed by atoms with E-state index in [0.717, 1.165) is 38.5 Å². The quantitative estimate of drug-likeness (QED) is 0.459. The lowest BCUT2D eigenvalue weighted by molar-refractivity contribution is -0.151. The van der Waals surface area contributed by atoms with Crippen LogP contribution in [-0.4, -0.2) is 48.6 Å². The number of hydrogen-bond donors (Lipinski definition) is 1. The third kappa shape index (κ3) is 11.2. The highest BCUT2D eigenvalue weighted by atomic mass is 16.6. The van der Waals surface area contributed by atoms with E-state index in [9.17, 15) is 9.59 Å². The molecule has 0 spiro atoms. The number of rotatable bonds is 9. The summed E-state index contributed by atoms with van der Waals surface area (Å²) in [5.74, 6) is -1.19. The van der Waals surface area contributed by atoms with E-state index in [1.165, 1.54) is 25.7 Å². The number of carbonyl (C=O) groups is 2. The first-order valence-electron chi connectivity index (χ1n) is 10.5. The highest BCUT2D eigenvalue weighted by Crippen LogP contribution is 2.22. The van der Waals surface area contributed by atoms with E-state index in [4.69, 9.17) is 19.3 Å². The lowest BCUT2D eigenvalue weighted by Gasteiger charge is -2.24. The molecule has 1 unspecified atom stereocenters. The number of ether oxygens (including phenoxy) is 3. The maximum Gasteiger partial charge on any atom is 0.336 e. The minimum atomic E-state index is -0.895. The van der Waals surface area contributed by atoms with Crippen LogP contribution in [-0.2, 0) is 23.8 Å². The monoisotopic (exact) mass is 396 g/mol. The molecule has 0 aromatic heterocycles. The lowest BCUT2D eigenvalue weighted by atomic mass is 9.97. The van der Waals surface area contributed by atoms with Gasteiger partial charge >= 0.3 is 11.9 Å². The van der Waals surface area contributed by atoms with E-state index in [2.05, 4.69) is 6.58 Å². The minimum Gasteiger partial charge on any atom is -0.479 e. The number of aliphatic carboxylic acids is 1. The van der Waals surface area contributed by atoms with E-state index in [0.29, 0.717) is 0 Å². The van der Waals surface area contributed by atoms with Crippen molar-refractivity contribution in [1.29, 1.82) is 0 Å². The van der Waals surface area contributed by atoms with Gasteiger partial charge in [-0.3, -0.25) is 0 Å². The Balaban J connectivity index is 0.000000280. The van der Waals surface area contributed by atoms with Crippen LogP contribution >= 0.6 is 0 Å². The Labute approximate surface area is 168 Å². The van der Waals surface area contributed by atoms with Crippen molar-refractivity contribution < 1.29 is 28.9 Å². The second-order valence-electron chi connectivity index (χ2n) is 7.22. The fourth-order valence-electron chi connectivity index (χ4n) is 3.38. The topological polar surface area (TPSA) is 82.1 Å². The first-order chi connectivity index (χ1) is 13.6. The maximum absolute atomic E-state index is 11.0. The third-order valence-corrected chi connectivity index (χ3v) is 4.85. The molecule has 0 radical (unpaired) electrons. The molecule has 2 saturated carbocycles. The molecule has 0 aromatic rings. The van der Waals surface area contributed by atoms with Crippen molar-refractivity contribution in [2.75, 3.05) is 13.2 Å². The zero-order valence-electron chi connectivity index (χ0n) is 17.1. The molecule has 1 atom stereocenters. The summed E-state index contributed by atoms with van der Waals surface area (Å²) in [6, 6.07) is 0. The minimum absolute atomic E-state index is 0.0819. The van der Waals surface area contributed by atoms with Crippen molar-refractivity contribution >= 4 is 11.9 Å². The summed E-state index contributed by atoms with van der Waals surface area (Å²) >= 11 is 0. The number of allylic oxidation sites excluding steroid dienone is 1. The summed E-state index contributed by atoms with van der Waals surface area (Å²) in [6.07, 6.45) is 16.0. The van der Waals surface area contributed by atoms with Gasteiger partial charge in [0.2, 0.25) is 0 Å². The van der Waals surface area contributed by atoms with Crippen LogP contribution < -0.4 is 0 Å². The summed E-state index contributed by atoms with van der Waals surface area (Å²) < 4.78 is 15.7. The predicted octanol–water partition coefficient (Wildman–Crippen LogP) is 4.43. The van der Waals surface area contributed by atoms with E-state index < -0.39 is 12.1 Å². The first kappa shape index (κ1) is 24.4. The standard InChI is InChI=1S/2C11H18O3/c1-2-8-13-11(12)9-14-10-6-4-3-5-7-10;1-2-6-10(11(12)13)14-9-7-4-3-5-8-9/h2,10H,1,3-9H2;2,6,9-10H,3-5,7-8H2,1H3,(H,12,13). The van der Waals surface area contributed by atoms with Crippen LogP contribution in [0.4, 0.5) is 0 Å². The smallest absolute Gasteiger partial charge is 0.336 e. The molecular formula is C22H36O6. The molecule has 0 aliphatic heterocycles. The average molecular weight is 397 g/mol. The fraction of sp³-hybridized carbons (Fsp3) is 0.727. The Bertz CT molecular complexity index is 475. The molecule has 6 nitrogen and oxygen atoms in total. The Morgan fingerprint density at radius 3 is 2.11 bits per heavy atom. The number of esters is 1. The molecule has 0 heterocycles. The molecule has 28 heavy (non-hydrogen) atoms. The number of carboxylic acids is 1. The zero-order chi connectivity index (χ0) is 20.6. The predicted molar refractivity (Wildman–Crippen MR) is 108 cm³/mol. The van der Waals surface area contributed by atoms with Crippen LogP contribution in [0, 0.1) is 0 Å². The lowest BCUT2D eigenvalue weighted by Crippen LogP contribution is -2.28. The van der Waals surface area contributed by atoms with Crippen molar-refractivity contribution in [1.82, 2.24) is 0 Å². The van der Waals surface area contributed by atoms with Gasteiger partial charge in [-0.25, -0.2) is 9.59 Å². The molecule has 1 N–H and O–H groups in total. The third-order valence-electron chi connectivity index (χ3n) is 4.85. The molecule has 0 amide bonds. The van der Waals surface area contributed by atoms with Crippen LogP contribution in [0.25, 0.3) is 0 Å². The SMILES string of the molecule is C=CCOC(=O)COC1CCCCC1.CC=CC(OC1CCCCC1)C(=O)O. The van der Waals surface area contributed by atoms with Crippen LogP contribution in [0.3, 0.4) is 0 Å². The number of hydrogen-bond acceptors (Lipinski definition) is 5. The Morgan fingerprint density at radius 2 is 1.61 bits per heavy atom. The Morgan fingerprint density at radius 1 is 1.04 bits per heavy atom. The Hall–Kier alpha value is -1.66. The van der Waals surface area contributed by atoms with Crippen LogP contribution in [0.2, 0.25) is 0 Å². The average Bonchev–Trinajstić information content (AvgIpc) is 2.72. The molecule has 2 rings (SSSR count). The molecule has 2 aliphatic rings. The maximum atomic E-state index is 11.0. The molecule has 0 saturated heterocycles. The van der Waals surface area contributed by atoms with Crippen molar-refractivity contribution in [3.8, 4) is 0 Å². The van der Waals surface area contributed by atoms with Crippen molar-refractivity contribution in [3.63, 3.8) is 0 Å². The van der Waals surface area contributed by atoms with Gasteiger partial charge in [0.1, 0.15) is 13.2 Å². The van der Waals surface area contributed by atoms with Gasteiger partial charge in [-0.05, 0) is 38.7 Å². The molecule has 0 bridgehead atoms. The number of carbonyl (C=O) groups excluding carboxylic acids is 1. The Kier molecular flexibility index (Phi) is 13.3. The van der Waals surface area contributed by atoms with Crippen molar-refractivity contribution in [2.45, 2.75) is 89.4 Å². The summed E-state index contributed by atoms with van der Waals surface area (Å²) in [6.45, 7) is 5.62. The van der Waals surface area contributed by atoms with Gasteiger partial charge in [-0.2, -0.15) is 0 Å². The largest absolute Gasteiger partial charge is 0.479 e. The highest BCUT2D eigenvalue weighted by Gasteiger charge is 2.21. The van der Waals surface area contributed by atoms with E-state index in [-0.39, 0.29) is 31.4 Å². The van der Waals surface area contributed by atoms with Gasteiger partial charge < -0.3 is 19.3 Å². The van der Waals surface area contributed by atoms with Gasteiger partial charge in [0.15, 0.2) is 6.10 Å². The van der Waals surface area contributed by atoms with Gasteiger partial charge in [0.05, 0.1) is 12.2 Å². The summed E-state index contributed by atoms with van der Waals surface area (Å²) in [5.41, 5.74) is 0. The molecule has 2 aliphatic carbocycles. The van der Waals surface area contributed by atoms with E-state index in [1.807, 2.05) is 0 Å². The summed E-state index contributed by atoms with van der Waals surface area (Å²) in [5, 5.41) is 8.86. The molecule has 2 fully saturated rings. The van der Waals surface area contributed by atoms with E-state index >= 15 is 0 Å². The van der Waals surface area contributed by atoms with Gasteiger partial charge in [-0.1, -0.05) is 57.3 Å². The molecular weight excluding hydrogens is 360 g/mol. The summed E-state index contributed by atoms with van der Waals surface area (Å²) in [7, 11) is 0. The van der Waals surface area contributed by atoms with Gasteiger partial charge in [-0.15, -0.1) is 0 Å². The van der Waals surface area contributed by atoms with Crippen molar-refractivity contribution in [3.05, 3.63) is 24.8 Å². The molecule has 0 aromatic carbocycles. The van der Waals surface area contributed by atoms with Crippen LogP contribution in [0.5, 0.6) is 0 Å². The van der Waals surface area contributed by atoms with Gasteiger partial charge in [0.25, 0.3) is 0 Å². The number of carboxylic acid groups (broad SMARTS) is 1.